The average Bonchev–Trinajstić information content (AvgIpc) is 2.45. The predicted molar refractivity (Wildman–Crippen MR) is 73.3 cm³/mol. The number of nitrogens with two attached hydrogens (primary N) is 1. The van der Waals surface area contributed by atoms with Crippen molar-refractivity contribution in [3.8, 4) is 5.88 Å². The molecule has 0 unspecified atom stereocenters. The van der Waals surface area contributed by atoms with Crippen molar-refractivity contribution < 1.29 is 14.3 Å². The van der Waals surface area contributed by atoms with Crippen LogP contribution >= 0.6 is 0 Å². The molecule has 2 aromatic rings. The summed E-state index contributed by atoms with van der Waals surface area (Å²) in [6, 6.07) is 7.04. The van der Waals surface area contributed by atoms with Gasteiger partial charge in [0.05, 0.1) is 30.5 Å². The number of carbonyl (C=O) groups excluding carboxylic acids is 1. The summed E-state index contributed by atoms with van der Waals surface area (Å²) in [6.45, 7) is 2.31. The van der Waals surface area contributed by atoms with Gasteiger partial charge in [0.15, 0.2) is 0 Å². The van der Waals surface area contributed by atoms with E-state index in [2.05, 4.69) is 4.98 Å². The maximum Gasteiger partial charge on any atom is 0.340 e. The second-order valence-corrected chi connectivity index (χ2v) is 4.09. The number of nitrogens with zero attached hydrogens (tertiary/aromatic N) is 1. The molecule has 0 aliphatic heterocycles. The van der Waals surface area contributed by atoms with E-state index in [0.29, 0.717) is 29.3 Å². The lowest BCUT2D eigenvalue weighted by Gasteiger charge is -2.09. The summed E-state index contributed by atoms with van der Waals surface area (Å²) in [5.74, 6) is 0.0316. The highest BCUT2D eigenvalue weighted by Crippen LogP contribution is 2.26. The summed E-state index contributed by atoms with van der Waals surface area (Å²) < 4.78 is 10.1. The van der Waals surface area contributed by atoms with Gasteiger partial charge in [0.1, 0.15) is 0 Å². The van der Waals surface area contributed by atoms with Crippen molar-refractivity contribution in [3.05, 3.63) is 29.8 Å². The molecule has 0 amide bonds. The number of nitrogen functional groups attached to an aromatic ring is 1. The monoisotopic (exact) mass is 260 g/mol. The minimum atomic E-state index is -0.425. The van der Waals surface area contributed by atoms with E-state index in [1.165, 1.54) is 7.11 Å². The number of anilines is 1. The lowest BCUT2D eigenvalue weighted by Crippen LogP contribution is -2.09. The van der Waals surface area contributed by atoms with Crippen molar-refractivity contribution in [2.24, 2.45) is 0 Å². The molecule has 5 nitrogen and oxygen atoms in total. The first-order chi connectivity index (χ1) is 9.17. The van der Waals surface area contributed by atoms with Crippen LogP contribution in [-0.2, 0) is 4.74 Å². The quantitative estimate of drug-likeness (QED) is 0.675. The highest BCUT2D eigenvalue weighted by molar-refractivity contribution is 6.04. The molecule has 0 saturated heterocycles. The van der Waals surface area contributed by atoms with Gasteiger partial charge in [-0.25, -0.2) is 9.78 Å². The summed E-state index contributed by atoms with van der Waals surface area (Å²) in [5.41, 5.74) is 7.19. The van der Waals surface area contributed by atoms with Gasteiger partial charge < -0.3 is 15.2 Å². The number of hydrogen-bond donors (Lipinski definition) is 1. The van der Waals surface area contributed by atoms with Crippen LogP contribution in [0.2, 0.25) is 0 Å². The molecule has 100 valence electrons. The second kappa shape index (κ2) is 5.56. The number of esters is 1. The van der Waals surface area contributed by atoms with Crippen LogP contribution in [0.15, 0.2) is 24.3 Å². The normalized spacial score (nSPS) is 10.4. The van der Waals surface area contributed by atoms with Crippen molar-refractivity contribution in [1.29, 1.82) is 0 Å². The third-order valence-electron chi connectivity index (χ3n) is 2.74. The Morgan fingerprint density at radius 2 is 2.05 bits per heavy atom. The standard InChI is InChI=1S/C14H16N2O3/c1-3-8-19-14(17)10-6-4-9-5-7-11(18-2)16-13(9)12(10)15/h4-7H,3,8,15H2,1-2H3. The van der Waals surface area contributed by atoms with Gasteiger partial charge in [0, 0.05) is 11.5 Å². The molecule has 0 fully saturated rings. The summed E-state index contributed by atoms with van der Waals surface area (Å²) in [5, 5.41) is 0.852. The van der Waals surface area contributed by atoms with Gasteiger partial charge in [0.25, 0.3) is 0 Å². The van der Waals surface area contributed by atoms with Crippen LogP contribution in [0.25, 0.3) is 10.9 Å². The topological polar surface area (TPSA) is 74.4 Å². The number of hydrogen-bond acceptors (Lipinski definition) is 5. The lowest BCUT2D eigenvalue weighted by molar-refractivity contribution is 0.0506. The van der Waals surface area contributed by atoms with Crippen LogP contribution in [0, 0.1) is 0 Å². The Morgan fingerprint density at radius 1 is 1.32 bits per heavy atom. The first kappa shape index (κ1) is 13.1. The maximum absolute atomic E-state index is 11.9. The van der Waals surface area contributed by atoms with Gasteiger partial charge in [-0.2, -0.15) is 0 Å². The van der Waals surface area contributed by atoms with Gasteiger partial charge in [-0.1, -0.05) is 13.0 Å². The van der Waals surface area contributed by atoms with Crippen LogP contribution in [0.1, 0.15) is 23.7 Å². The Hall–Kier alpha value is -2.30. The zero-order valence-corrected chi connectivity index (χ0v) is 11.0. The summed E-state index contributed by atoms with van der Waals surface area (Å²) >= 11 is 0. The third-order valence-corrected chi connectivity index (χ3v) is 2.74. The molecule has 2 N–H and O–H groups in total. The van der Waals surface area contributed by atoms with Gasteiger partial charge in [-0.15, -0.1) is 0 Å². The lowest BCUT2D eigenvalue weighted by atomic mass is 10.1. The van der Waals surface area contributed by atoms with Gasteiger partial charge in [-0.05, 0) is 18.6 Å². The molecule has 0 aliphatic rings. The van der Waals surface area contributed by atoms with Crippen LogP contribution in [0.4, 0.5) is 5.69 Å². The largest absolute Gasteiger partial charge is 0.481 e. The van der Waals surface area contributed by atoms with E-state index < -0.39 is 5.97 Å². The molecule has 5 heteroatoms. The number of carbonyl (C=O) groups is 1. The van der Waals surface area contributed by atoms with Crippen molar-refractivity contribution in [3.63, 3.8) is 0 Å². The number of methoxy groups -OCH3 is 1. The molecular weight excluding hydrogens is 244 g/mol. The Labute approximate surface area is 111 Å². The number of rotatable bonds is 4. The minimum absolute atomic E-state index is 0.317. The summed E-state index contributed by atoms with van der Waals surface area (Å²) in [7, 11) is 1.53. The van der Waals surface area contributed by atoms with E-state index in [-0.39, 0.29) is 0 Å². The molecule has 1 heterocycles. The van der Waals surface area contributed by atoms with E-state index in [0.717, 1.165) is 11.8 Å². The van der Waals surface area contributed by atoms with E-state index in [9.17, 15) is 4.79 Å². The Kier molecular flexibility index (Phi) is 3.85. The van der Waals surface area contributed by atoms with Crippen LogP contribution < -0.4 is 10.5 Å². The zero-order chi connectivity index (χ0) is 13.8. The van der Waals surface area contributed by atoms with Crippen LogP contribution in [0.3, 0.4) is 0 Å². The van der Waals surface area contributed by atoms with Crippen molar-refractivity contribution in [1.82, 2.24) is 4.98 Å². The predicted octanol–water partition coefficient (Wildman–Crippen LogP) is 2.39. The molecule has 0 aliphatic carbocycles. The number of pyridine rings is 1. The maximum atomic E-state index is 11.9. The zero-order valence-electron chi connectivity index (χ0n) is 11.0. The molecule has 1 aromatic heterocycles. The van der Waals surface area contributed by atoms with E-state index in [4.69, 9.17) is 15.2 Å². The SMILES string of the molecule is CCCOC(=O)c1ccc2ccc(OC)nc2c1N. The van der Waals surface area contributed by atoms with Crippen LogP contribution in [0.5, 0.6) is 5.88 Å². The highest BCUT2D eigenvalue weighted by Gasteiger charge is 2.14. The van der Waals surface area contributed by atoms with Crippen molar-refractivity contribution in [2.45, 2.75) is 13.3 Å². The highest BCUT2D eigenvalue weighted by atomic mass is 16.5. The molecular formula is C14H16N2O3. The Morgan fingerprint density at radius 3 is 2.74 bits per heavy atom. The first-order valence-electron chi connectivity index (χ1n) is 6.07. The average molecular weight is 260 g/mol. The van der Waals surface area contributed by atoms with Gasteiger partial charge in [0.2, 0.25) is 5.88 Å². The smallest absolute Gasteiger partial charge is 0.340 e. The molecule has 2 rings (SSSR count). The molecule has 0 atom stereocenters. The van der Waals surface area contributed by atoms with E-state index in [1.807, 2.05) is 13.0 Å². The molecule has 0 spiro atoms. The molecule has 0 radical (unpaired) electrons. The molecule has 19 heavy (non-hydrogen) atoms. The molecule has 0 bridgehead atoms. The number of aromatic nitrogens is 1. The van der Waals surface area contributed by atoms with Crippen molar-refractivity contribution in [2.75, 3.05) is 19.5 Å². The van der Waals surface area contributed by atoms with Crippen molar-refractivity contribution >= 4 is 22.6 Å². The number of ether oxygens (including phenoxy) is 2. The van der Waals surface area contributed by atoms with E-state index >= 15 is 0 Å². The van der Waals surface area contributed by atoms with E-state index in [1.54, 1.807) is 18.2 Å². The summed E-state index contributed by atoms with van der Waals surface area (Å²) in [4.78, 5) is 16.1. The molecule has 1 aromatic carbocycles. The summed E-state index contributed by atoms with van der Waals surface area (Å²) in [6.07, 6.45) is 0.769. The Balaban J connectivity index is 2.46. The fourth-order valence-corrected chi connectivity index (χ4v) is 1.76. The third kappa shape index (κ3) is 2.59. The fourth-order valence-electron chi connectivity index (χ4n) is 1.76. The fraction of sp³-hybridized carbons (Fsp3) is 0.286. The number of benzene rings is 1. The van der Waals surface area contributed by atoms with Gasteiger partial charge >= 0.3 is 5.97 Å². The molecule has 0 saturated carbocycles. The van der Waals surface area contributed by atoms with Gasteiger partial charge in [-0.3, -0.25) is 0 Å². The Bertz CT molecular complexity index is 611. The number of fused-ring (bicyclic) bond motifs is 1. The first-order valence-corrected chi connectivity index (χ1v) is 6.07. The minimum Gasteiger partial charge on any atom is -0.481 e. The van der Waals surface area contributed by atoms with Crippen LogP contribution in [-0.4, -0.2) is 24.7 Å². The second-order valence-electron chi connectivity index (χ2n) is 4.09.